The molecule has 1 atom stereocenters. The van der Waals surface area contributed by atoms with Crippen LogP contribution < -0.4 is 5.32 Å². The Morgan fingerprint density at radius 1 is 1.40 bits per heavy atom. The highest BCUT2D eigenvalue weighted by Crippen LogP contribution is 2.31. The van der Waals surface area contributed by atoms with Crippen molar-refractivity contribution in [1.29, 1.82) is 5.26 Å². The molecule has 1 aromatic carbocycles. The Hall–Kier alpha value is -1.86. The molecule has 4 heteroatoms. The van der Waals surface area contributed by atoms with Crippen LogP contribution in [0.15, 0.2) is 24.3 Å². The lowest BCUT2D eigenvalue weighted by Gasteiger charge is -2.30. The summed E-state index contributed by atoms with van der Waals surface area (Å²) in [5.41, 5.74) is 1.29. The van der Waals surface area contributed by atoms with Gasteiger partial charge in [0.05, 0.1) is 12.1 Å². The molecule has 1 heterocycles. The van der Waals surface area contributed by atoms with E-state index in [2.05, 4.69) is 11.4 Å². The Kier molecular flexibility index (Phi) is 4.41. The van der Waals surface area contributed by atoms with E-state index in [1.54, 1.807) is 0 Å². The number of nitrogens with zero attached hydrogens (tertiary/aromatic N) is 1. The first-order valence-corrected chi connectivity index (χ1v) is 6.94. The fourth-order valence-electron chi connectivity index (χ4n) is 2.59. The molecule has 0 bridgehead atoms. The fourth-order valence-corrected chi connectivity index (χ4v) is 2.59. The van der Waals surface area contributed by atoms with Gasteiger partial charge in [0.1, 0.15) is 5.41 Å². The third-order valence-corrected chi connectivity index (χ3v) is 4.00. The first-order chi connectivity index (χ1) is 9.59. The second kappa shape index (κ2) is 6.06. The number of nitrogens with one attached hydrogen (secondary N) is 1. The van der Waals surface area contributed by atoms with Gasteiger partial charge in [-0.15, -0.1) is 0 Å². The maximum Gasteiger partial charge on any atom is 0.241 e. The molecular weight excluding hydrogens is 252 g/mol. The maximum atomic E-state index is 12.5. The largest absolute Gasteiger partial charge is 0.381 e. The van der Waals surface area contributed by atoms with Gasteiger partial charge in [0, 0.05) is 13.2 Å². The summed E-state index contributed by atoms with van der Waals surface area (Å²) in [6.45, 7) is 4.91. The van der Waals surface area contributed by atoms with Gasteiger partial charge in [-0.25, -0.2) is 0 Å². The summed E-state index contributed by atoms with van der Waals surface area (Å²) in [4.78, 5) is 12.5. The fraction of sp³-hybridized carbons (Fsp3) is 0.500. The predicted molar refractivity (Wildman–Crippen MR) is 75.8 cm³/mol. The van der Waals surface area contributed by atoms with Gasteiger partial charge in [-0.2, -0.15) is 5.26 Å². The third-order valence-electron chi connectivity index (χ3n) is 4.00. The Bertz CT molecular complexity index is 528. The summed E-state index contributed by atoms with van der Waals surface area (Å²) < 4.78 is 5.25. The number of aryl methyl sites for hydroxylation is 1. The molecule has 1 aromatic rings. The van der Waals surface area contributed by atoms with E-state index in [0.29, 0.717) is 26.1 Å². The lowest BCUT2D eigenvalue weighted by atomic mass is 9.80. The summed E-state index contributed by atoms with van der Waals surface area (Å²) >= 11 is 0. The Morgan fingerprint density at radius 2 is 2.05 bits per heavy atom. The lowest BCUT2D eigenvalue weighted by molar-refractivity contribution is -0.133. The standard InChI is InChI=1S/C16H20N2O2/c1-12-5-3-4-6-14(12)13(2)18-15(19)16(11-17)7-9-20-10-8-16/h3-6,13H,7-10H2,1-2H3,(H,18,19). The van der Waals surface area contributed by atoms with Crippen LogP contribution in [0.25, 0.3) is 0 Å². The monoisotopic (exact) mass is 272 g/mol. The summed E-state index contributed by atoms with van der Waals surface area (Å²) in [6, 6.07) is 10.1. The van der Waals surface area contributed by atoms with Crippen LogP contribution in [0.4, 0.5) is 0 Å². The van der Waals surface area contributed by atoms with E-state index in [1.165, 1.54) is 0 Å². The number of nitriles is 1. The number of rotatable bonds is 3. The van der Waals surface area contributed by atoms with Gasteiger partial charge in [-0.1, -0.05) is 24.3 Å². The van der Waals surface area contributed by atoms with Crippen molar-refractivity contribution in [3.63, 3.8) is 0 Å². The van der Waals surface area contributed by atoms with Crippen molar-refractivity contribution in [1.82, 2.24) is 5.32 Å². The Labute approximate surface area is 119 Å². The Balaban J connectivity index is 2.11. The first-order valence-electron chi connectivity index (χ1n) is 6.94. The van der Waals surface area contributed by atoms with Gasteiger partial charge in [-0.05, 0) is 37.8 Å². The number of ether oxygens (including phenoxy) is 1. The second-order valence-corrected chi connectivity index (χ2v) is 5.36. The zero-order valence-electron chi connectivity index (χ0n) is 12.0. The maximum absolute atomic E-state index is 12.5. The van der Waals surface area contributed by atoms with Crippen molar-refractivity contribution < 1.29 is 9.53 Å². The topological polar surface area (TPSA) is 62.1 Å². The van der Waals surface area contributed by atoms with Crippen LogP contribution in [0.1, 0.15) is 36.9 Å². The highest BCUT2D eigenvalue weighted by Gasteiger charge is 2.40. The van der Waals surface area contributed by atoms with Crippen LogP contribution >= 0.6 is 0 Å². The van der Waals surface area contributed by atoms with Gasteiger partial charge >= 0.3 is 0 Å². The summed E-state index contributed by atoms with van der Waals surface area (Å²) in [5.74, 6) is -0.181. The van der Waals surface area contributed by atoms with E-state index in [4.69, 9.17) is 4.74 Å². The molecule has 1 unspecified atom stereocenters. The molecule has 0 radical (unpaired) electrons. The van der Waals surface area contributed by atoms with Crippen molar-refractivity contribution in [2.24, 2.45) is 5.41 Å². The predicted octanol–water partition coefficient (Wildman–Crippen LogP) is 2.49. The third kappa shape index (κ3) is 2.83. The van der Waals surface area contributed by atoms with Gasteiger partial charge in [-0.3, -0.25) is 4.79 Å². The van der Waals surface area contributed by atoms with E-state index >= 15 is 0 Å². The van der Waals surface area contributed by atoms with Crippen molar-refractivity contribution in [3.8, 4) is 6.07 Å². The number of hydrogen-bond acceptors (Lipinski definition) is 3. The second-order valence-electron chi connectivity index (χ2n) is 5.36. The van der Waals surface area contributed by atoms with Gasteiger partial charge < -0.3 is 10.1 Å². The average molecular weight is 272 g/mol. The van der Waals surface area contributed by atoms with Crippen LogP contribution in [0.5, 0.6) is 0 Å². The van der Waals surface area contributed by atoms with Crippen LogP contribution in [0.2, 0.25) is 0 Å². The molecule has 4 nitrogen and oxygen atoms in total. The van der Waals surface area contributed by atoms with Crippen molar-refractivity contribution in [2.45, 2.75) is 32.7 Å². The van der Waals surface area contributed by atoms with Crippen LogP contribution in [0.3, 0.4) is 0 Å². The van der Waals surface area contributed by atoms with Crippen molar-refractivity contribution in [3.05, 3.63) is 35.4 Å². The lowest BCUT2D eigenvalue weighted by Crippen LogP contribution is -2.44. The zero-order valence-corrected chi connectivity index (χ0v) is 12.0. The molecule has 2 rings (SSSR count). The molecule has 1 aliphatic heterocycles. The molecule has 1 amide bonds. The van der Waals surface area contributed by atoms with Gasteiger partial charge in [0.2, 0.25) is 5.91 Å². The number of hydrogen-bond donors (Lipinski definition) is 1. The van der Waals surface area contributed by atoms with Crippen LogP contribution in [0, 0.1) is 23.7 Å². The van der Waals surface area contributed by atoms with Crippen LogP contribution in [-0.4, -0.2) is 19.1 Å². The average Bonchev–Trinajstić information content (AvgIpc) is 2.48. The van der Waals surface area contributed by atoms with Gasteiger partial charge in [0.15, 0.2) is 0 Å². The minimum Gasteiger partial charge on any atom is -0.381 e. The first kappa shape index (κ1) is 14.5. The number of carbonyl (C=O) groups is 1. The van der Waals surface area contributed by atoms with E-state index < -0.39 is 5.41 Å². The normalized spacial score (nSPS) is 18.9. The molecule has 1 aliphatic rings. The van der Waals surface area contributed by atoms with Gasteiger partial charge in [0.25, 0.3) is 0 Å². The minimum atomic E-state index is -0.935. The molecule has 0 aliphatic carbocycles. The Morgan fingerprint density at radius 3 is 2.65 bits per heavy atom. The molecule has 20 heavy (non-hydrogen) atoms. The molecule has 0 spiro atoms. The van der Waals surface area contributed by atoms with E-state index in [1.807, 2.05) is 38.1 Å². The highest BCUT2D eigenvalue weighted by molar-refractivity contribution is 5.85. The van der Waals surface area contributed by atoms with E-state index in [-0.39, 0.29) is 11.9 Å². The number of amides is 1. The molecule has 1 saturated heterocycles. The molecule has 1 N–H and O–H groups in total. The molecule has 1 fully saturated rings. The van der Waals surface area contributed by atoms with Crippen molar-refractivity contribution >= 4 is 5.91 Å². The highest BCUT2D eigenvalue weighted by atomic mass is 16.5. The SMILES string of the molecule is Cc1ccccc1C(C)NC(=O)C1(C#N)CCOCC1. The summed E-state index contributed by atoms with van der Waals surface area (Å²) in [7, 11) is 0. The summed E-state index contributed by atoms with van der Waals surface area (Å²) in [5, 5.41) is 12.4. The number of benzene rings is 1. The van der Waals surface area contributed by atoms with Crippen molar-refractivity contribution in [2.75, 3.05) is 13.2 Å². The smallest absolute Gasteiger partial charge is 0.241 e. The molecule has 0 aromatic heterocycles. The summed E-state index contributed by atoms with van der Waals surface area (Å²) in [6.07, 6.45) is 0.936. The quantitative estimate of drug-likeness (QED) is 0.919. The van der Waals surface area contributed by atoms with E-state index in [0.717, 1.165) is 11.1 Å². The van der Waals surface area contributed by atoms with Crippen LogP contribution in [-0.2, 0) is 9.53 Å². The zero-order chi connectivity index (χ0) is 14.6. The molecular formula is C16H20N2O2. The number of carbonyl (C=O) groups excluding carboxylic acids is 1. The molecule has 0 saturated carbocycles. The minimum absolute atomic E-state index is 0.100. The van der Waals surface area contributed by atoms with E-state index in [9.17, 15) is 10.1 Å². The molecule has 106 valence electrons.